The van der Waals surface area contributed by atoms with Crippen molar-refractivity contribution in [2.24, 2.45) is 5.73 Å². The van der Waals surface area contributed by atoms with E-state index in [4.69, 9.17) is 5.73 Å². The molecule has 2 atom stereocenters. The predicted octanol–water partition coefficient (Wildman–Crippen LogP) is 2.06. The van der Waals surface area contributed by atoms with Gasteiger partial charge in [-0.25, -0.2) is 4.98 Å². The smallest absolute Gasteiger partial charge is 0.110 e. The van der Waals surface area contributed by atoms with Gasteiger partial charge in [0.15, 0.2) is 0 Å². The molecule has 2 N–H and O–H groups in total. The van der Waals surface area contributed by atoms with E-state index in [0.29, 0.717) is 5.25 Å². The Hall–Kier alpha value is -0.480. The second-order valence-corrected chi connectivity index (χ2v) is 5.80. The summed E-state index contributed by atoms with van der Waals surface area (Å²) in [5.41, 5.74) is 6.26. The lowest BCUT2D eigenvalue weighted by Crippen LogP contribution is -2.34. The quantitative estimate of drug-likeness (QED) is 0.855. The van der Waals surface area contributed by atoms with Gasteiger partial charge in [-0.05, 0) is 25.0 Å². The fraction of sp³-hybridized carbons (Fsp3) is 0.750. The Morgan fingerprint density at radius 1 is 1.69 bits per heavy atom. The monoisotopic (exact) mass is 239 g/mol. The molecule has 1 aliphatic heterocycles. The van der Waals surface area contributed by atoms with Gasteiger partial charge < -0.3 is 10.3 Å². The molecule has 0 aromatic carbocycles. The fourth-order valence-electron chi connectivity index (χ4n) is 2.26. The molecule has 3 nitrogen and oxygen atoms in total. The molecule has 1 fully saturated rings. The standard InChI is InChI=1S/C12H21N3S/c1-2-6-15-7-5-14-12(15)9-10(13)11-4-3-8-16-11/h5,7,10-11H,2-4,6,8-9,13H2,1H3. The van der Waals surface area contributed by atoms with Gasteiger partial charge in [0.1, 0.15) is 5.82 Å². The Morgan fingerprint density at radius 3 is 3.25 bits per heavy atom. The summed E-state index contributed by atoms with van der Waals surface area (Å²) in [5.74, 6) is 2.43. The number of aromatic nitrogens is 2. The Kier molecular flexibility index (Phi) is 4.29. The van der Waals surface area contributed by atoms with Gasteiger partial charge in [-0.15, -0.1) is 0 Å². The molecule has 2 heterocycles. The summed E-state index contributed by atoms with van der Waals surface area (Å²) in [4.78, 5) is 4.42. The summed E-state index contributed by atoms with van der Waals surface area (Å²) < 4.78 is 2.24. The maximum Gasteiger partial charge on any atom is 0.110 e. The molecule has 90 valence electrons. The molecular weight excluding hydrogens is 218 g/mol. The first-order valence-electron chi connectivity index (χ1n) is 6.18. The normalized spacial score (nSPS) is 22.5. The highest BCUT2D eigenvalue weighted by Gasteiger charge is 2.23. The predicted molar refractivity (Wildman–Crippen MR) is 69.7 cm³/mol. The molecule has 0 amide bonds. The molecule has 2 rings (SSSR count). The zero-order valence-electron chi connectivity index (χ0n) is 9.93. The van der Waals surface area contributed by atoms with Crippen LogP contribution in [0.4, 0.5) is 0 Å². The topological polar surface area (TPSA) is 43.8 Å². The average molecular weight is 239 g/mol. The van der Waals surface area contributed by atoms with Crippen LogP contribution in [0.25, 0.3) is 0 Å². The molecule has 1 aliphatic rings. The molecule has 4 heteroatoms. The van der Waals surface area contributed by atoms with E-state index in [-0.39, 0.29) is 6.04 Å². The summed E-state index contributed by atoms with van der Waals surface area (Å²) in [6.45, 7) is 3.25. The van der Waals surface area contributed by atoms with Gasteiger partial charge in [0.05, 0.1) is 0 Å². The molecule has 0 radical (unpaired) electrons. The van der Waals surface area contributed by atoms with Crippen LogP contribution in [0, 0.1) is 0 Å². The number of imidazole rings is 1. The second-order valence-electron chi connectivity index (χ2n) is 4.46. The molecule has 1 saturated heterocycles. The van der Waals surface area contributed by atoms with E-state index in [9.17, 15) is 0 Å². The van der Waals surface area contributed by atoms with Crippen molar-refractivity contribution < 1.29 is 0 Å². The largest absolute Gasteiger partial charge is 0.335 e. The molecule has 0 bridgehead atoms. The van der Waals surface area contributed by atoms with E-state index in [1.165, 1.54) is 18.6 Å². The minimum Gasteiger partial charge on any atom is -0.335 e. The van der Waals surface area contributed by atoms with Gasteiger partial charge in [-0.1, -0.05) is 6.92 Å². The lowest BCUT2D eigenvalue weighted by Gasteiger charge is -2.18. The Labute approximate surface area is 102 Å². The van der Waals surface area contributed by atoms with E-state index in [2.05, 4.69) is 22.7 Å². The summed E-state index contributed by atoms with van der Waals surface area (Å²) >= 11 is 2.03. The third-order valence-electron chi connectivity index (χ3n) is 3.13. The molecule has 2 unspecified atom stereocenters. The molecule has 1 aromatic rings. The van der Waals surface area contributed by atoms with Crippen LogP contribution >= 0.6 is 11.8 Å². The highest BCUT2D eigenvalue weighted by Crippen LogP contribution is 2.29. The van der Waals surface area contributed by atoms with Gasteiger partial charge >= 0.3 is 0 Å². The van der Waals surface area contributed by atoms with Crippen LogP contribution < -0.4 is 5.73 Å². The van der Waals surface area contributed by atoms with Crippen molar-refractivity contribution >= 4 is 11.8 Å². The van der Waals surface area contributed by atoms with Gasteiger partial charge in [0.2, 0.25) is 0 Å². The van der Waals surface area contributed by atoms with Crippen molar-refractivity contribution in [3.05, 3.63) is 18.2 Å². The zero-order valence-corrected chi connectivity index (χ0v) is 10.7. The van der Waals surface area contributed by atoms with Crippen LogP contribution in [0.1, 0.15) is 32.0 Å². The van der Waals surface area contributed by atoms with Gasteiger partial charge in [-0.3, -0.25) is 0 Å². The van der Waals surface area contributed by atoms with Crippen molar-refractivity contribution in [3.63, 3.8) is 0 Å². The maximum absolute atomic E-state index is 6.26. The highest BCUT2D eigenvalue weighted by molar-refractivity contribution is 8.00. The molecule has 16 heavy (non-hydrogen) atoms. The SMILES string of the molecule is CCCn1ccnc1CC(N)C1CCCS1. The first kappa shape index (κ1) is 12.0. The summed E-state index contributed by atoms with van der Waals surface area (Å²) in [6.07, 6.45) is 8.63. The number of hydrogen-bond acceptors (Lipinski definition) is 3. The second kappa shape index (κ2) is 5.73. The number of rotatable bonds is 5. The Balaban J connectivity index is 1.94. The van der Waals surface area contributed by atoms with Crippen LogP contribution in [-0.4, -0.2) is 26.6 Å². The van der Waals surface area contributed by atoms with Crippen molar-refractivity contribution in [1.29, 1.82) is 0 Å². The lowest BCUT2D eigenvalue weighted by molar-refractivity contribution is 0.559. The van der Waals surface area contributed by atoms with Crippen molar-refractivity contribution in [3.8, 4) is 0 Å². The van der Waals surface area contributed by atoms with Crippen LogP contribution in [0.2, 0.25) is 0 Å². The zero-order chi connectivity index (χ0) is 11.4. The Bertz CT molecular complexity index is 318. The van der Waals surface area contributed by atoms with E-state index in [1.54, 1.807) is 0 Å². The number of nitrogens with zero attached hydrogens (tertiary/aromatic N) is 2. The summed E-state index contributed by atoms with van der Waals surface area (Å²) in [5, 5.41) is 0.645. The fourth-order valence-corrected chi connectivity index (χ4v) is 3.57. The number of nitrogens with two attached hydrogens (primary N) is 1. The summed E-state index contributed by atoms with van der Waals surface area (Å²) in [6, 6.07) is 0.269. The third kappa shape index (κ3) is 2.80. The third-order valence-corrected chi connectivity index (χ3v) is 4.66. The molecule has 0 saturated carbocycles. The van der Waals surface area contributed by atoms with E-state index in [0.717, 1.165) is 25.2 Å². The van der Waals surface area contributed by atoms with Gasteiger partial charge in [-0.2, -0.15) is 11.8 Å². The van der Waals surface area contributed by atoms with Crippen LogP contribution in [0.5, 0.6) is 0 Å². The summed E-state index contributed by atoms with van der Waals surface area (Å²) in [7, 11) is 0. The number of aryl methyl sites for hydroxylation is 1. The average Bonchev–Trinajstić information content (AvgIpc) is 2.90. The van der Waals surface area contributed by atoms with Crippen molar-refractivity contribution in [1.82, 2.24) is 9.55 Å². The first-order chi connectivity index (χ1) is 7.81. The number of hydrogen-bond donors (Lipinski definition) is 1. The van der Waals surface area contributed by atoms with E-state index >= 15 is 0 Å². The van der Waals surface area contributed by atoms with Gasteiger partial charge in [0, 0.05) is 36.7 Å². The molecule has 0 spiro atoms. The Morgan fingerprint density at radius 2 is 2.56 bits per heavy atom. The maximum atomic E-state index is 6.26. The minimum atomic E-state index is 0.269. The molecule has 0 aliphatic carbocycles. The van der Waals surface area contributed by atoms with Gasteiger partial charge in [0.25, 0.3) is 0 Å². The van der Waals surface area contributed by atoms with Crippen molar-refractivity contribution in [2.75, 3.05) is 5.75 Å². The number of thioether (sulfide) groups is 1. The highest BCUT2D eigenvalue weighted by atomic mass is 32.2. The van der Waals surface area contributed by atoms with E-state index in [1.807, 2.05) is 18.0 Å². The molecular formula is C12H21N3S. The van der Waals surface area contributed by atoms with E-state index < -0.39 is 0 Å². The van der Waals surface area contributed by atoms with Crippen molar-refractivity contribution in [2.45, 2.75) is 50.4 Å². The lowest BCUT2D eigenvalue weighted by atomic mass is 10.1. The first-order valence-corrected chi connectivity index (χ1v) is 7.23. The van der Waals surface area contributed by atoms with Crippen LogP contribution in [-0.2, 0) is 13.0 Å². The van der Waals surface area contributed by atoms with Crippen LogP contribution in [0.3, 0.4) is 0 Å². The minimum absolute atomic E-state index is 0.269. The van der Waals surface area contributed by atoms with Crippen LogP contribution in [0.15, 0.2) is 12.4 Å². The molecule has 1 aromatic heterocycles.